The number of nitrogens with zero attached hydrogens (tertiary/aromatic N) is 1. The van der Waals surface area contributed by atoms with Crippen LogP contribution in [0.2, 0.25) is 0 Å². The summed E-state index contributed by atoms with van der Waals surface area (Å²) in [5.74, 6) is -0.929. The van der Waals surface area contributed by atoms with Crippen LogP contribution in [0, 0.1) is 6.92 Å². The molecule has 0 aliphatic carbocycles. The van der Waals surface area contributed by atoms with Gasteiger partial charge in [0.15, 0.2) is 0 Å². The maximum atomic E-state index is 10.8. The Morgan fingerprint density at radius 3 is 3.00 bits per heavy atom. The van der Waals surface area contributed by atoms with E-state index < -0.39 is 5.97 Å². The lowest BCUT2D eigenvalue weighted by molar-refractivity contribution is 0.0699. The highest BCUT2D eigenvalue weighted by atomic mass is 79.9. The van der Waals surface area contributed by atoms with Crippen LogP contribution in [-0.2, 0) is 0 Å². The van der Waals surface area contributed by atoms with Gasteiger partial charge in [0, 0.05) is 15.5 Å². The molecule has 3 nitrogen and oxygen atoms in total. The minimum Gasteiger partial charge on any atom is -0.478 e. The fourth-order valence-electron chi connectivity index (χ4n) is 1.24. The van der Waals surface area contributed by atoms with Gasteiger partial charge in [0.25, 0.3) is 0 Å². The molecule has 0 fully saturated rings. The van der Waals surface area contributed by atoms with E-state index in [-0.39, 0.29) is 5.56 Å². The van der Waals surface area contributed by atoms with E-state index >= 15 is 0 Å². The Morgan fingerprint density at radius 2 is 2.36 bits per heavy atom. The fourth-order valence-corrected chi connectivity index (χ4v) is 2.93. The topological polar surface area (TPSA) is 50.2 Å². The van der Waals surface area contributed by atoms with E-state index in [4.69, 9.17) is 5.11 Å². The molecule has 0 unspecified atom stereocenters. The summed E-state index contributed by atoms with van der Waals surface area (Å²) in [4.78, 5) is 15.1. The van der Waals surface area contributed by atoms with Gasteiger partial charge in [0.1, 0.15) is 0 Å². The number of halogens is 1. The number of hydrogen-bond acceptors (Lipinski definition) is 3. The number of aryl methyl sites for hydroxylation is 1. The van der Waals surface area contributed by atoms with Crippen molar-refractivity contribution in [2.45, 2.75) is 6.92 Å². The average molecular weight is 272 g/mol. The van der Waals surface area contributed by atoms with Gasteiger partial charge in [-0.05, 0) is 28.9 Å². The Labute approximate surface area is 92.5 Å². The number of hydrogen-bond donors (Lipinski definition) is 1. The van der Waals surface area contributed by atoms with Crippen LogP contribution in [0.15, 0.2) is 15.9 Å². The van der Waals surface area contributed by atoms with Crippen molar-refractivity contribution >= 4 is 43.5 Å². The molecule has 2 aromatic rings. The van der Waals surface area contributed by atoms with E-state index in [9.17, 15) is 4.79 Å². The molecule has 2 rings (SSSR count). The van der Waals surface area contributed by atoms with Gasteiger partial charge in [0.2, 0.25) is 0 Å². The average Bonchev–Trinajstić information content (AvgIpc) is 2.47. The third-order valence-electron chi connectivity index (χ3n) is 1.84. The molecule has 0 aliphatic heterocycles. The molecular formula is C9H6BrNO2S. The number of aromatic carboxylic acids is 1. The highest BCUT2D eigenvalue weighted by molar-refractivity contribution is 9.10. The van der Waals surface area contributed by atoms with Gasteiger partial charge in [-0.3, -0.25) is 4.98 Å². The second kappa shape index (κ2) is 3.33. The zero-order valence-electron chi connectivity index (χ0n) is 7.24. The van der Waals surface area contributed by atoms with Crippen LogP contribution < -0.4 is 0 Å². The summed E-state index contributed by atoms with van der Waals surface area (Å²) in [6.07, 6.45) is 0. The molecule has 0 atom stereocenters. The zero-order valence-corrected chi connectivity index (χ0v) is 9.65. The SMILES string of the molecule is Cc1cc(Br)c2scc(C(=O)O)c2n1. The molecule has 0 saturated heterocycles. The van der Waals surface area contributed by atoms with Crippen LogP contribution in [0.3, 0.4) is 0 Å². The second-order valence-electron chi connectivity index (χ2n) is 2.88. The van der Waals surface area contributed by atoms with Crippen molar-refractivity contribution in [3.05, 3.63) is 27.2 Å². The molecule has 5 heteroatoms. The molecule has 0 aliphatic rings. The van der Waals surface area contributed by atoms with Crippen molar-refractivity contribution in [3.8, 4) is 0 Å². The molecule has 2 heterocycles. The van der Waals surface area contributed by atoms with Crippen molar-refractivity contribution in [2.75, 3.05) is 0 Å². The van der Waals surface area contributed by atoms with Crippen LogP contribution in [0.1, 0.15) is 16.1 Å². The van der Waals surface area contributed by atoms with Crippen molar-refractivity contribution < 1.29 is 9.90 Å². The molecular weight excluding hydrogens is 266 g/mol. The predicted molar refractivity (Wildman–Crippen MR) is 59.0 cm³/mol. The summed E-state index contributed by atoms with van der Waals surface area (Å²) in [5.41, 5.74) is 1.65. The van der Waals surface area contributed by atoms with E-state index in [1.165, 1.54) is 11.3 Å². The standard InChI is InChI=1S/C9H6BrNO2S/c1-4-2-6(10)8-7(11-4)5(3-14-8)9(12)13/h2-3H,1H3,(H,12,13). The largest absolute Gasteiger partial charge is 0.478 e. The van der Waals surface area contributed by atoms with Gasteiger partial charge in [-0.15, -0.1) is 11.3 Å². The Balaban J connectivity index is 2.85. The van der Waals surface area contributed by atoms with E-state index in [0.717, 1.165) is 14.9 Å². The maximum absolute atomic E-state index is 10.8. The Hall–Kier alpha value is -0.940. The lowest BCUT2D eigenvalue weighted by atomic mass is 10.2. The predicted octanol–water partition coefficient (Wildman–Crippen LogP) is 3.07. The summed E-state index contributed by atoms with van der Waals surface area (Å²) in [6, 6.07) is 1.88. The number of pyridine rings is 1. The molecule has 0 bridgehead atoms. The summed E-state index contributed by atoms with van der Waals surface area (Å²) >= 11 is 4.77. The number of carboxylic acid groups (broad SMARTS) is 1. The molecule has 72 valence electrons. The minimum absolute atomic E-state index is 0.273. The maximum Gasteiger partial charge on any atom is 0.338 e. The van der Waals surface area contributed by atoms with E-state index in [1.54, 1.807) is 5.38 Å². The quantitative estimate of drug-likeness (QED) is 0.867. The van der Waals surface area contributed by atoms with Crippen molar-refractivity contribution in [2.24, 2.45) is 0 Å². The van der Waals surface area contributed by atoms with Gasteiger partial charge >= 0.3 is 5.97 Å². The first-order valence-corrected chi connectivity index (χ1v) is 5.54. The number of fused-ring (bicyclic) bond motifs is 1. The first-order chi connectivity index (χ1) is 6.59. The molecule has 0 radical (unpaired) electrons. The van der Waals surface area contributed by atoms with Gasteiger partial charge in [-0.25, -0.2) is 4.79 Å². The molecule has 2 aromatic heterocycles. The first kappa shape index (κ1) is 9.61. The summed E-state index contributed by atoms with van der Waals surface area (Å²) in [5, 5.41) is 10.5. The molecule has 0 aromatic carbocycles. The monoisotopic (exact) mass is 271 g/mol. The van der Waals surface area contributed by atoms with Gasteiger partial charge in [-0.2, -0.15) is 0 Å². The van der Waals surface area contributed by atoms with Crippen molar-refractivity contribution in [3.63, 3.8) is 0 Å². The molecule has 0 saturated carbocycles. The van der Waals surface area contributed by atoms with E-state index in [1.807, 2.05) is 13.0 Å². The summed E-state index contributed by atoms with van der Waals surface area (Å²) in [6.45, 7) is 1.84. The number of thiophene rings is 1. The first-order valence-electron chi connectivity index (χ1n) is 3.87. The smallest absolute Gasteiger partial charge is 0.338 e. The van der Waals surface area contributed by atoms with Crippen LogP contribution in [0.25, 0.3) is 10.2 Å². The highest BCUT2D eigenvalue weighted by Crippen LogP contribution is 2.31. The van der Waals surface area contributed by atoms with E-state index in [2.05, 4.69) is 20.9 Å². The Kier molecular flexibility index (Phi) is 2.28. The highest BCUT2D eigenvalue weighted by Gasteiger charge is 2.14. The Morgan fingerprint density at radius 1 is 1.64 bits per heavy atom. The van der Waals surface area contributed by atoms with Gasteiger partial charge in [-0.1, -0.05) is 0 Å². The number of aromatic nitrogens is 1. The van der Waals surface area contributed by atoms with Gasteiger partial charge in [0.05, 0.1) is 15.8 Å². The van der Waals surface area contributed by atoms with Crippen LogP contribution in [0.4, 0.5) is 0 Å². The van der Waals surface area contributed by atoms with Gasteiger partial charge < -0.3 is 5.11 Å². The summed E-state index contributed by atoms with van der Waals surface area (Å²) < 4.78 is 1.78. The molecule has 0 amide bonds. The third kappa shape index (κ3) is 1.42. The Bertz CT molecular complexity index is 521. The van der Waals surface area contributed by atoms with Crippen LogP contribution in [0.5, 0.6) is 0 Å². The summed E-state index contributed by atoms with van der Waals surface area (Å²) in [7, 11) is 0. The fraction of sp³-hybridized carbons (Fsp3) is 0.111. The number of carboxylic acids is 1. The molecule has 1 N–H and O–H groups in total. The minimum atomic E-state index is -0.929. The number of rotatable bonds is 1. The molecule has 0 spiro atoms. The zero-order chi connectivity index (χ0) is 10.3. The van der Waals surface area contributed by atoms with E-state index in [0.29, 0.717) is 5.52 Å². The molecule has 14 heavy (non-hydrogen) atoms. The normalized spacial score (nSPS) is 10.7. The number of carbonyl (C=O) groups is 1. The van der Waals surface area contributed by atoms with Crippen molar-refractivity contribution in [1.82, 2.24) is 4.98 Å². The lowest BCUT2D eigenvalue weighted by Gasteiger charge is -1.97. The van der Waals surface area contributed by atoms with Crippen molar-refractivity contribution in [1.29, 1.82) is 0 Å². The van der Waals surface area contributed by atoms with Crippen LogP contribution in [-0.4, -0.2) is 16.1 Å². The second-order valence-corrected chi connectivity index (χ2v) is 4.61. The lowest BCUT2D eigenvalue weighted by Crippen LogP contribution is -1.95. The van der Waals surface area contributed by atoms with Crippen LogP contribution >= 0.6 is 27.3 Å². The third-order valence-corrected chi connectivity index (χ3v) is 3.73.